The summed E-state index contributed by atoms with van der Waals surface area (Å²) in [5.41, 5.74) is 2.88. The van der Waals surface area contributed by atoms with Crippen molar-refractivity contribution in [3.63, 3.8) is 0 Å². The van der Waals surface area contributed by atoms with Crippen molar-refractivity contribution in [1.82, 2.24) is 5.32 Å². The van der Waals surface area contributed by atoms with Crippen molar-refractivity contribution in [3.05, 3.63) is 29.3 Å². The summed E-state index contributed by atoms with van der Waals surface area (Å²) >= 11 is 0. The molecule has 1 fully saturated rings. The van der Waals surface area contributed by atoms with Crippen molar-refractivity contribution >= 4 is 11.6 Å². The lowest BCUT2D eigenvalue weighted by Gasteiger charge is -2.50. The van der Waals surface area contributed by atoms with Crippen LogP contribution >= 0.6 is 0 Å². The van der Waals surface area contributed by atoms with E-state index >= 15 is 0 Å². The molecule has 17 heavy (non-hydrogen) atoms. The third-order valence-corrected chi connectivity index (χ3v) is 3.96. The molecule has 1 aromatic rings. The van der Waals surface area contributed by atoms with Gasteiger partial charge in [0.25, 0.3) is 5.91 Å². The molecule has 1 unspecified atom stereocenters. The number of benzene rings is 1. The average Bonchev–Trinajstić information content (AvgIpc) is 2.29. The molecule has 0 aromatic heterocycles. The fraction of sp³-hybridized carbons (Fsp3) is 0.500. The van der Waals surface area contributed by atoms with E-state index in [0.29, 0.717) is 0 Å². The molecule has 90 valence electrons. The van der Waals surface area contributed by atoms with Gasteiger partial charge in [-0.2, -0.15) is 0 Å². The molecule has 2 aliphatic heterocycles. The molecule has 2 heterocycles. The summed E-state index contributed by atoms with van der Waals surface area (Å²) in [7, 11) is 0. The van der Waals surface area contributed by atoms with E-state index in [1.807, 2.05) is 13.0 Å². The molecule has 3 rings (SSSR count). The fourth-order valence-corrected chi connectivity index (χ4v) is 3.02. The molecule has 1 amide bonds. The number of fused-ring (bicyclic) bond motifs is 3. The second-order valence-electron chi connectivity index (χ2n) is 5.36. The number of carbonyl (C=O) groups excluding carboxylic acids is 1. The first kappa shape index (κ1) is 10.6. The highest BCUT2D eigenvalue weighted by atomic mass is 16.2. The summed E-state index contributed by atoms with van der Waals surface area (Å²) in [5.74, 6) is 0.0735. The topological polar surface area (TPSA) is 32.3 Å². The maximum absolute atomic E-state index is 12.2. The number of carbonyl (C=O) groups is 1. The second kappa shape index (κ2) is 3.49. The summed E-state index contributed by atoms with van der Waals surface area (Å²) in [4.78, 5) is 14.5. The molecular formula is C14H18N2O. The molecule has 0 aliphatic carbocycles. The highest BCUT2D eigenvalue weighted by Crippen LogP contribution is 2.37. The van der Waals surface area contributed by atoms with E-state index in [9.17, 15) is 4.79 Å². The lowest BCUT2D eigenvalue weighted by molar-refractivity contribution is 0.0871. The average molecular weight is 230 g/mol. The molecule has 1 N–H and O–H groups in total. The summed E-state index contributed by atoms with van der Waals surface area (Å²) in [6.45, 7) is 5.19. The summed E-state index contributed by atoms with van der Waals surface area (Å²) in [5, 5.41) is 3.17. The van der Waals surface area contributed by atoms with Gasteiger partial charge in [-0.25, -0.2) is 0 Å². The Kier molecular flexibility index (Phi) is 2.18. The molecular weight excluding hydrogens is 212 g/mol. The molecule has 1 atom stereocenters. The highest BCUT2D eigenvalue weighted by molar-refractivity contribution is 6.02. The third-order valence-electron chi connectivity index (χ3n) is 3.96. The van der Waals surface area contributed by atoms with Crippen LogP contribution in [0, 0.1) is 6.92 Å². The first-order chi connectivity index (χ1) is 8.10. The van der Waals surface area contributed by atoms with Crippen molar-refractivity contribution in [2.75, 3.05) is 11.4 Å². The number of hydrogen-bond acceptors (Lipinski definition) is 2. The second-order valence-corrected chi connectivity index (χ2v) is 5.36. The summed E-state index contributed by atoms with van der Waals surface area (Å²) < 4.78 is 0. The normalized spacial score (nSPS) is 27.2. The molecule has 1 saturated heterocycles. The van der Waals surface area contributed by atoms with Gasteiger partial charge in [0.05, 0.1) is 11.3 Å². The van der Waals surface area contributed by atoms with E-state index in [1.165, 1.54) is 12.8 Å². The lowest BCUT2D eigenvalue weighted by Crippen LogP contribution is -2.64. The quantitative estimate of drug-likeness (QED) is 0.742. The third kappa shape index (κ3) is 1.53. The minimum Gasteiger partial charge on any atom is -0.348 e. The van der Waals surface area contributed by atoms with Crippen molar-refractivity contribution in [1.29, 1.82) is 0 Å². The molecule has 2 aliphatic rings. The monoisotopic (exact) mass is 230 g/mol. The summed E-state index contributed by atoms with van der Waals surface area (Å²) in [6.07, 6.45) is 3.43. The zero-order valence-electron chi connectivity index (χ0n) is 10.4. The van der Waals surface area contributed by atoms with Gasteiger partial charge in [-0.1, -0.05) is 11.6 Å². The highest BCUT2D eigenvalue weighted by Gasteiger charge is 2.41. The summed E-state index contributed by atoms with van der Waals surface area (Å²) in [6, 6.07) is 6.16. The van der Waals surface area contributed by atoms with Crippen LogP contribution in [0.5, 0.6) is 0 Å². The van der Waals surface area contributed by atoms with Crippen LogP contribution in [0.15, 0.2) is 18.2 Å². The van der Waals surface area contributed by atoms with Crippen LogP contribution in [0.2, 0.25) is 0 Å². The molecule has 0 radical (unpaired) electrons. The number of nitrogens with zero attached hydrogens (tertiary/aromatic N) is 1. The van der Waals surface area contributed by atoms with Gasteiger partial charge in [-0.05, 0) is 45.2 Å². The predicted octanol–water partition coefficient (Wildman–Crippen LogP) is 2.44. The van der Waals surface area contributed by atoms with Crippen LogP contribution in [0.4, 0.5) is 5.69 Å². The predicted molar refractivity (Wildman–Crippen MR) is 68.2 cm³/mol. The Bertz CT molecular complexity index is 483. The van der Waals surface area contributed by atoms with E-state index in [-0.39, 0.29) is 11.6 Å². The number of rotatable bonds is 0. The van der Waals surface area contributed by atoms with Gasteiger partial charge in [-0.3, -0.25) is 4.79 Å². The Morgan fingerprint density at radius 2 is 2.18 bits per heavy atom. The Balaban J connectivity index is 2.13. The first-order valence-corrected chi connectivity index (χ1v) is 6.31. The Morgan fingerprint density at radius 1 is 1.35 bits per heavy atom. The van der Waals surface area contributed by atoms with Gasteiger partial charge in [0.1, 0.15) is 5.66 Å². The van der Waals surface area contributed by atoms with Gasteiger partial charge >= 0.3 is 0 Å². The SMILES string of the molecule is Cc1ccc2c(c1)C(=O)NC1(C)CCCCN21. The van der Waals surface area contributed by atoms with Crippen LogP contribution < -0.4 is 10.2 Å². The van der Waals surface area contributed by atoms with Crippen LogP contribution in [0.3, 0.4) is 0 Å². The number of anilines is 1. The van der Waals surface area contributed by atoms with E-state index < -0.39 is 0 Å². The van der Waals surface area contributed by atoms with Crippen molar-refractivity contribution in [2.45, 2.75) is 38.8 Å². The van der Waals surface area contributed by atoms with Gasteiger partial charge in [0, 0.05) is 6.54 Å². The fourth-order valence-electron chi connectivity index (χ4n) is 3.02. The van der Waals surface area contributed by atoms with Crippen molar-refractivity contribution < 1.29 is 4.79 Å². The number of amides is 1. The smallest absolute Gasteiger partial charge is 0.255 e. The van der Waals surface area contributed by atoms with Crippen molar-refractivity contribution in [3.8, 4) is 0 Å². The van der Waals surface area contributed by atoms with E-state index in [1.54, 1.807) is 0 Å². The van der Waals surface area contributed by atoms with Gasteiger partial charge in [0.15, 0.2) is 0 Å². The van der Waals surface area contributed by atoms with E-state index in [0.717, 1.165) is 29.8 Å². The van der Waals surface area contributed by atoms with Gasteiger partial charge in [-0.15, -0.1) is 0 Å². The Hall–Kier alpha value is -1.51. The van der Waals surface area contributed by atoms with Crippen LogP contribution in [0.25, 0.3) is 0 Å². The minimum absolute atomic E-state index is 0.0735. The molecule has 0 saturated carbocycles. The lowest BCUT2D eigenvalue weighted by atomic mass is 9.91. The number of piperidine rings is 1. The maximum atomic E-state index is 12.2. The molecule has 1 aromatic carbocycles. The van der Waals surface area contributed by atoms with E-state index in [2.05, 4.69) is 29.3 Å². The Labute approximate surface area is 102 Å². The first-order valence-electron chi connectivity index (χ1n) is 6.31. The van der Waals surface area contributed by atoms with Crippen molar-refractivity contribution in [2.24, 2.45) is 0 Å². The zero-order valence-corrected chi connectivity index (χ0v) is 10.4. The zero-order chi connectivity index (χ0) is 12.0. The Morgan fingerprint density at radius 3 is 3.00 bits per heavy atom. The standard InChI is InChI=1S/C14H18N2O/c1-10-5-6-12-11(9-10)13(17)15-14(2)7-3-4-8-16(12)14/h5-6,9H,3-4,7-8H2,1-2H3,(H,15,17). The van der Waals surface area contributed by atoms with Crippen LogP contribution in [-0.4, -0.2) is 18.1 Å². The van der Waals surface area contributed by atoms with Gasteiger partial charge < -0.3 is 10.2 Å². The minimum atomic E-state index is -0.183. The van der Waals surface area contributed by atoms with Crippen LogP contribution in [0.1, 0.15) is 42.1 Å². The molecule has 0 bridgehead atoms. The maximum Gasteiger partial charge on any atom is 0.255 e. The largest absolute Gasteiger partial charge is 0.348 e. The molecule has 3 heteroatoms. The van der Waals surface area contributed by atoms with Gasteiger partial charge in [0.2, 0.25) is 0 Å². The van der Waals surface area contributed by atoms with E-state index in [4.69, 9.17) is 0 Å². The molecule has 0 spiro atoms. The number of aryl methyl sites for hydroxylation is 1. The van der Waals surface area contributed by atoms with Crippen LogP contribution in [-0.2, 0) is 0 Å². The molecule has 3 nitrogen and oxygen atoms in total. The number of nitrogens with one attached hydrogen (secondary N) is 1. The number of hydrogen-bond donors (Lipinski definition) is 1.